The average molecular weight is 267 g/mol. The van der Waals surface area contributed by atoms with E-state index in [1.54, 1.807) is 7.11 Å². The quantitative estimate of drug-likeness (QED) is 0.920. The Balaban J connectivity index is 1.86. The van der Waals surface area contributed by atoms with Crippen molar-refractivity contribution in [1.82, 2.24) is 5.32 Å². The van der Waals surface area contributed by atoms with Gasteiger partial charge in [-0.1, -0.05) is 35.9 Å². The van der Waals surface area contributed by atoms with E-state index in [-0.39, 0.29) is 0 Å². The van der Waals surface area contributed by atoms with Crippen molar-refractivity contribution in [2.75, 3.05) is 13.7 Å². The number of nitrogens with one attached hydrogen (secondary N) is 1. The molecule has 0 aliphatic carbocycles. The summed E-state index contributed by atoms with van der Waals surface area (Å²) in [5.74, 6) is 0.958. The van der Waals surface area contributed by atoms with Crippen LogP contribution in [-0.2, 0) is 12.8 Å². The number of ether oxygens (including phenoxy) is 1. The van der Waals surface area contributed by atoms with Gasteiger partial charge in [-0.15, -0.1) is 0 Å². The molecule has 1 heterocycles. The van der Waals surface area contributed by atoms with E-state index in [4.69, 9.17) is 4.74 Å². The Hall–Kier alpha value is -1.80. The first-order valence-corrected chi connectivity index (χ1v) is 7.22. The molecule has 0 spiro atoms. The maximum Gasteiger partial charge on any atom is 0.119 e. The number of fused-ring (bicyclic) bond motifs is 1. The van der Waals surface area contributed by atoms with Crippen LogP contribution in [0, 0.1) is 6.92 Å². The topological polar surface area (TPSA) is 21.3 Å². The van der Waals surface area contributed by atoms with E-state index < -0.39 is 0 Å². The van der Waals surface area contributed by atoms with Gasteiger partial charge in [0.05, 0.1) is 7.11 Å². The van der Waals surface area contributed by atoms with Gasteiger partial charge < -0.3 is 10.1 Å². The van der Waals surface area contributed by atoms with Gasteiger partial charge in [-0.05, 0) is 55.1 Å². The van der Waals surface area contributed by atoms with E-state index in [1.807, 2.05) is 0 Å². The summed E-state index contributed by atoms with van der Waals surface area (Å²) in [6.07, 6.45) is 2.12. The number of hydrogen-bond donors (Lipinski definition) is 1. The van der Waals surface area contributed by atoms with Crippen LogP contribution in [0.5, 0.6) is 5.75 Å². The van der Waals surface area contributed by atoms with E-state index in [9.17, 15) is 0 Å². The van der Waals surface area contributed by atoms with E-state index in [2.05, 4.69) is 54.7 Å². The molecular weight excluding hydrogens is 246 g/mol. The van der Waals surface area contributed by atoms with E-state index in [1.165, 1.54) is 22.3 Å². The number of hydrogen-bond acceptors (Lipinski definition) is 2. The third-order valence-corrected chi connectivity index (χ3v) is 4.03. The molecule has 0 amide bonds. The predicted octanol–water partition coefficient (Wildman–Crippen LogP) is 3.43. The second kappa shape index (κ2) is 5.68. The van der Waals surface area contributed by atoms with Crippen molar-refractivity contribution in [2.24, 2.45) is 0 Å². The standard InChI is InChI=1S/C18H21NO/c1-13-4-3-5-14(10-13)11-18-17-7-6-16(20-2)12-15(17)8-9-19-18/h3-7,10,12,18-19H,8-9,11H2,1-2H3. The number of methoxy groups -OCH3 is 1. The summed E-state index contributed by atoms with van der Waals surface area (Å²) in [5.41, 5.74) is 5.55. The molecule has 0 saturated carbocycles. The number of aryl methyl sites for hydroxylation is 1. The molecule has 0 fully saturated rings. The molecule has 20 heavy (non-hydrogen) atoms. The van der Waals surface area contributed by atoms with Crippen molar-refractivity contribution in [3.05, 3.63) is 64.7 Å². The van der Waals surface area contributed by atoms with E-state index >= 15 is 0 Å². The van der Waals surface area contributed by atoms with Crippen LogP contribution in [0.15, 0.2) is 42.5 Å². The summed E-state index contributed by atoms with van der Waals surface area (Å²) >= 11 is 0. The molecule has 0 bridgehead atoms. The summed E-state index contributed by atoms with van der Waals surface area (Å²) in [4.78, 5) is 0. The highest BCUT2D eigenvalue weighted by molar-refractivity contribution is 5.40. The molecule has 2 heteroatoms. The lowest BCUT2D eigenvalue weighted by atomic mass is 9.90. The minimum Gasteiger partial charge on any atom is -0.497 e. The maximum atomic E-state index is 5.33. The highest BCUT2D eigenvalue weighted by atomic mass is 16.5. The Morgan fingerprint density at radius 2 is 2.10 bits per heavy atom. The van der Waals surface area contributed by atoms with Gasteiger partial charge in [0.1, 0.15) is 5.75 Å². The lowest BCUT2D eigenvalue weighted by molar-refractivity contribution is 0.412. The third kappa shape index (κ3) is 2.70. The molecule has 2 aromatic carbocycles. The fourth-order valence-electron chi connectivity index (χ4n) is 3.01. The van der Waals surface area contributed by atoms with Crippen molar-refractivity contribution in [1.29, 1.82) is 0 Å². The molecule has 1 aliphatic heterocycles. The molecule has 0 saturated heterocycles. The molecule has 1 atom stereocenters. The molecule has 2 nitrogen and oxygen atoms in total. The first-order chi connectivity index (χ1) is 9.76. The van der Waals surface area contributed by atoms with Gasteiger partial charge in [0.2, 0.25) is 0 Å². The predicted molar refractivity (Wildman–Crippen MR) is 82.3 cm³/mol. The monoisotopic (exact) mass is 267 g/mol. The molecule has 1 aliphatic rings. The zero-order chi connectivity index (χ0) is 13.9. The lowest BCUT2D eigenvalue weighted by Crippen LogP contribution is -2.31. The van der Waals surface area contributed by atoms with Crippen molar-refractivity contribution < 1.29 is 4.74 Å². The smallest absolute Gasteiger partial charge is 0.119 e. The molecule has 1 unspecified atom stereocenters. The first kappa shape index (κ1) is 13.2. The zero-order valence-corrected chi connectivity index (χ0v) is 12.1. The van der Waals surface area contributed by atoms with Gasteiger partial charge in [0.15, 0.2) is 0 Å². The van der Waals surface area contributed by atoms with Crippen LogP contribution in [0.2, 0.25) is 0 Å². The third-order valence-electron chi connectivity index (χ3n) is 4.03. The molecule has 104 valence electrons. The highest BCUT2D eigenvalue weighted by Gasteiger charge is 2.20. The Morgan fingerprint density at radius 1 is 1.20 bits per heavy atom. The summed E-state index contributed by atoms with van der Waals surface area (Å²) < 4.78 is 5.33. The van der Waals surface area contributed by atoms with Gasteiger partial charge in [-0.25, -0.2) is 0 Å². The van der Waals surface area contributed by atoms with E-state index in [0.29, 0.717) is 6.04 Å². The maximum absolute atomic E-state index is 5.33. The first-order valence-electron chi connectivity index (χ1n) is 7.22. The van der Waals surface area contributed by atoms with Gasteiger partial charge in [-0.2, -0.15) is 0 Å². The Kier molecular flexibility index (Phi) is 3.75. The molecule has 3 rings (SSSR count). The van der Waals surface area contributed by atoms with Crippen LogP contribution >= 0.6 is 0 Å². The fraction of sp³-hybridized carbons (Fsp3) is 0.333. The number of benzene rings is 2. The van der Waals surface area contributed by atoms with Crippen LogP contribution in [-0.4, -0.2) is 13.7 Å². The van der Waals surface area contributed by atoms with Gasteiger partial charge in [0, 0.05) is 6.04 Å². The van der Waals surface area contributed by atoms with Gasteiger partial charge in [-0.3, -0.25) is 0 Å². The molecule has 0 radical (unpaired) electrons. The van der Waals surface area contributed by atoms with Crippen LogP contribution < -0.4 is 10.1 Å². The van der Waals surface area contributed by atoms with Crippen molar-refractivity contribution in [3.8, 4) is 5.75 Å². The van der Waals surface area contributed by atoms with Crippen molar-refractivity contribution >= 4 is 0 Å². The van der Waals surface area contributed by atoms with Crippen LogP contribution in [0.4, 0.5) is 0 Å². The normalized spacial score (nSPS) is 17.6. The lowest BCUT2D eigenvalue weighted by Gasteiger charge is -2.27. The van der Waals surface area contributed by atoms with Crippen molar-refractivity contribution in [2.45, 2.75) is 25.8 Å². The minimum atomic E-state index is 0.409. The molecule has 0 aromatic heterocycles. The van der Waals surface area contributed by atoms with E-state index in [0.717, 1.165) is 25.1 Å². The van der Waals surface area contributed by atoms with Crippen LogP contribution in [0.25, 0.3) is 0 Å². The Morgan fingerprint density at radius 3 is 2.90 bits per heavy atom. The second-order valence-electron chi connectivity index (χ2n) is 5.51. The van der Waals surface area contributed by atoms with Gasteiger partial charge >= 0.3 is 0 Å². The summed E-state index contributed by atoms with van der Waals surface area (Å²) in [6, 6.07) is 15.6. The Bertz CT molecular complexity index is 606. The fourth-order valence-corrected chi connectivity index (χ4v) is 3.01. The van der Waals surface area contributed by atoms with Crippen molar-refractivity contribution in [3.63, 3.8) is 0 Å². The van der Waals surface area contributed by atoms with Gasteiger partial charge in [0.25, 0.3) is 0 Å². The second-order valence-corrected chi connectivity index (χ2v) is 5.51. The molecular formula is C18H21NO. The summed E-state index contributed by atoms with van der Waals surface area (Å²) in [5, 5.41) is 3.64. The highest BCUT2D eigenvalue weighted by Crippen LogP contribution is 2.29. The Labute approximate surface area is 120 Å². The number of rotatable bonds is 3. The SMILES string of the molecule is COc1ccc2c(c1)CCNC2Cc1cccc(C)c1. The zero-order valence-electron chi connectivity index (χ0n) is 12.1. The largest absolute Gasteiger partial charge is 0.497 e. The minimum absolute atomic E-state index is 0.409. The molecule has 2 aromatic rings. The molecule has 1 N–H and O–H groups in total. The summed E-state index contributed by atoms with van der Waals surface area (Å²) in [6.45, 7) is 3.19. The van der Waals surface area contributed by atoms with Crippen LogP contribution in [0.3, 0.4) is 0 Å². The van der Waals surface area contributed by atoms with Crippen LogP contribution in [0.1, 0.15) is 28.3 Å². The summed E-state index contributed by atoms with van der Waals surface area (Å²) in [7, 11) is 1.73. The average Bonchev–Trinajstić information content (AvgIpc) is 2.47.